The highest BCUT2D eigenvalue weighted by atomic mass is 15.2. The number of hydrogen-bond donors (Lipinski definition) is 0. The van der Waals surface area contributed by atoms with Gasteiger partial charge in [0.15, 0.2) is 0 Å². The lowest BCUT2D eigenvalue weighted by Gasteiger charge is -2.04. The summed E-state index contributed by atoms with van der Waals surface area (Å²) in [6.45, 7) is 1.03. The maximum absolute atomic E-state index is 4.08. The van der Waals surface area contributed by atoms with E-state index >= 15 is 0 Å². The number of aliphatic imine (C=N–C) groups is 1. The molecule has 0 N–H and O–H groups in total. The molecule has 2 rings (SSSR count). The van der Waals surface area contributed by atoms with Crippen LogP contribution in [0.4, 0.5) is 5.95 Å². The van der Waals surface area contributed by atoms with Crippen LogP contribution in [0.5, 0.6) is 0 Å². The van der Waals surface area contributed by atoms with E-state index in [0.717, 1.165) is 18.9 Å². The summed E-state index contributed by atoms with van der Waals surface area (Å²) in [5, 5.41) is 0. The van der Waals surface area contributed by atoms with Gasteiger partial charge in [-0.3, -0.25) is 0 Å². The number of fused-ring (bicyclic) bond motifs is 1. The molecule has 0 radical (unpaired) electrons. The van der Waals surface area contributed by atoms with Crippen molar-refractivity contribution in [1.29, 1.82) is 0 Å². The third kappa shape index (κ3) is 0.650. The average molecular weight is 121 g/mol. The van der Waals surface area contributed by atoms with Gasteiger partial charge in [0.2, 0.25) is 5.95 Å². The van der Waals surface area contributed by atoms with Crippen LogP contribution in [0.3, 0.4) is 0 Å². The van der Waals surface area contributed by atoms with Crippen LogP contribution >= 0.6 is 0 Å². The monoisotopic (exact) mass is 121 g/mol. The maximum atomic E-state index is 4.08. The summed E-state index contributed by atoms with van der Waals surface area (Å²) in [6, 6.07) is 0. The van der Waals surface area contributed by atoms with E-state index < -0.39 is 0 Å². The van der Waals surface area contributed by atoms with E-state index in [1.165, 1.54) is 0 Å². The van der Waals surface area contributed by atoms with E-state index in [4.69, 9.17) is 0 Å². The lowest BCUT2D eigenvalue weighted by atomic mass is 10.4. The summed E-state index contributed by atoms with van der Waals surface area (Å²) < 4.78 is 2.04. The summed E-state index contributed by atoms with van der Waals surface area (Å²) in [5.41, 5.74) is 0. The van der Waals surface area contributed by atoms with Crippen LogP contribution in [-0.2, 0) is 6.54 Å². The lowest BCUT2D eigenvalue weighted by Crippen LogP contribution is -2.00. The van der Waals surface area contributed by atoms with Gasteiger partial charge >= 0.3 is 0 Å². The molecule has 0 aliphatic carbocycles. The van der Waals surface area contributed by atoms with Crippen molar-refractivity contribution in [2.45, 2.75) is 13.0 Å². The molecule has 0 saturated heterocycles. The molecule has 0 amide bonds. The van der Waals surface area contributed by atoms with Crippen molar-refractivity contribution < 1.29 is 0 Å². The van der Waals surface area contributed by atoms with Gasteiger partial charge in [0.25, 0.3) is 0 Å². The van der Waals surface area contributed by atoms with Crippen molar-refractivity contribution in [2.75, 3.05) is 0 Å². The second kappa shape index (κ2) is 1.69. The molecule has 0 saturated carbocycles. The van der Waals surface area contributed by atoms with Gasteiger partial charge in [-0.05, 0) is 0 Å². The third-order valence-electron chi connectivity index (χ3n) is 1.40. The van der Waals surface area contributed by atoms with Gasteiger partial charge in [-0.2, -0.15) is 0 Å². The molecule has 3 heteroatoms. The molecule has 0 bridgehead atoms. The summed E-state index contributed by atoms with van der Waals surface area (Å²) in [4.78, 5) is 8.10. The second-order valence-corrected chi connectivity index (χ2v) is 2.02. The predicted octanol–water partition coefficient (Wildman–Crippen LogP) is 0.989. The van der Waals surface area contributed by atoms with Crippen molar-refractivity contribution in [3.05, 3.63) is 12.4 Å². The van der Waals surface area contributed by atoms with E-state index in [2.05, 4.69) is 9.98 Å². The molecule has 0 atom stereocenters. The SMILES string of the molecule is C1=Nc2nccn2CC1. The van der Waals surface area contributed by atoms with Crippen molar-refractivity contribution >= 4 is 12.2 Å². The molecule has 46 valence electrons. The Bertz CT molecular complexity index is 236. The third-order valence-corrected chi connectivity index (χ3v) is 1.40. The Morgan fingerprint density at radius 3 is 3.44 bits per heavy atom. The molecular weight excluding hydrogens is 114 g/mol. The minimum Gasteiger partial charge on any atom is -0.315 e. The molecule has 0 unspecified atom stereocenters. The molecule has 1 aliphatic heterocycles. The summed E-state index contributed by atoms with van der Waals surface area (Å²) in [5.74, 6) is 0.834. The van der Waals surface area contributed by atoms with E-state index in [1.54, 1.807) is 6.20 Å². The highest BCUT2D eigenvalue weighted by molar-refractivity contribution is 5.62. The highest BCUT2D eigenvalue weighted by Gasteiger charge is 2.01. The summed E-state index contributed by atoms with van der Waals surface area (Å²) >= 11 is 0. The first-order chi connectivity index (χ1) is 4.47. The number of rotatable bonds is 0. The molecule has 0 fully saturated rings. The Hall–Kier alpha value is -1.12. The fourth-order valence-corrected chi connectivity index (χ4v) is 0.946. The van der Waals surface area contributed by atoms with Crippen LogP contribution in [0, 0.1) is 0 Å². The van der Waals surface area contributed by atoms with E-state index in [1.807, 2.05) is 17.0 Å². The Morgan fingerprint density at radius 2 is 2.56 bits per heavy atom. The second-order valence-electron chi connectivity index (χ2n) is 2.02. The van der Waals surface area contributed by atoms with E-state index in [-0.39, 0.29) is 0 Å². The number of imidazole rings is 1. The van der Waals surface area contributed by atoms with Crippen molar-refractivity contribution in [1.82, 2.24) is 9.55 Å². The first kappa shape index (κ1) is 4.73. The van der Waals surface area contributed by atoms with E-state index in [9.17, 15) is 0 Å². The zero-order valence-corrected chi connectivity index (χ0v) is 4.99. The summed E-state index contributed by atoms with van der Waals surface area (Å²) in [6.07, 6.45) is 6.66. The molecule has 2 heterocycles. The Labute approximate surface area is 53.1 Å². The average Bonchev–Trinajstić information content (AvgIpc) is 2.33. The van der Waals surface area contributed by atoms with Crippen LogP contribution in [0.25, 0.3) is 0 Å². The topological polar surface area (TPSA) is 30.2 Å². The standard InChI is InChI=1S/C6H7N3/c1-2-7-6-8-3-5-9(6)4-1/h2-3,5H,1,4H2. The molecule has 1 aromatic heterocycles. The molecule has 0 aromatic carbocycles. The molecular formula is C6H7N3. The Kier molecular flexibility index (Phi) is 0.886. The van der Waals surface area contributed by atoms with Gasteiger partial charge in [-0.1, -0.05) is 0 Å². The fraction of sp³-hybridized carbons (Fsp3) is 0.333. The molecule has 1 aromatic rings. The molecule has 0 spiro atoms. The van der Waals surface area contributed by atoms with Crippen LogP contribution in [-0.4, -0.2) is 15.8 Å². The minimum absolute atomic E-state index is 0.834. The van der Waals surface area contributed by atoms with Gasteiger partial charge in [0, 0.05) is 31.6 Å². The van der Waals surface area contributed by atoms with Gasteiger partial charge in [0.05, 0.1) is 0 Å². The fourth-order valence-electron chi connectivity index (χ4n) is 0.946. The van der Waals surface area contributed by atoms with Crippen LogP contribution in [0.15, 0.2) is 17.4 Å². The lowest BCUT2D eigenvalue weighted by molar-refractivity contribution is 0.716. The quantitative estimate of drug-likeness (QED) is 0.503. The first-order valence-electron chi connectivity index (χ1n) is 3.00. The first-order valence-corrected chi connectivity index (χ1v) is 3.00. The molecule has 9 heavy (non-hydrogen) atoms. The number of hydrogen-bond acceptors (Lipinski definition) is 2. The number of aromatic nitrogens is 2. The van der Waals surface area contributed by atoms with Crippen molar-refractivity contribution in [2.24, 2.45) is 4.99 Å². The molecule has 3 nitrogen and oxygen atoms in total. The minimum atomic E-state index is 0.834. The Morgan fingerprint density at radius 1 is 1.56 bits per heavy atom. The van der Waals surface area contributed by atoms with Gasteiger partial charge in [-0.25, -0.2) is 9.98 Å². The summed E-state index contributed by atoms with van der Waals surface area (Å²) in [7, 11) is 0. The van der Waals surface area contributed by atoms with Crippen LogP contribution in [0.2, 0.25) is 0 Å². The van der Waals surface area contributed by atoms with E-state index in [0.29, 0.717) is 0 Å². The van der Waals surface area contributed by atoms with Gasteiger partial charge in [-0.15, -0.1) is 0 Å². The van der Waals surface area contributed by atoms with Crippen molar-refractivity contribution in [3.63, 3.8) is 0 Å². The van der Waals surface area contributed by atoms with Crippen LogP contribution < -0.4 is 0 Å². The maximum Gasteiger partial charge on any atom is 0.229 e. The van der Waals surface area contributed by atoms with Gasteiger partial charge in [0.1, 0.15) is 0 Å². The predicted molar refractivity (Wildman–Crippen MR) is 35.0 cm³/mol. The normalized spacial score (nSPS) is 15.6. The molecule has 1 aliphatic rings. The highest BCUT2D eigenvalue weighted by Crippen LogP contribution is 2.11. The smallest absolute Gasteiger partial charge is 0.229 e. The zero-order valence-electron chi connectivity index (χ0n) is 4.99. The Balaban J connectivity index is 2.53. The number of nitrogens with zero attached hydrogens (tertiary/aromatic N) is 3. The zero-order chi connectivity index (χ0) is 6.10. The van der Waals surface area contributed by atoms with Crippen molar-refractivity contribution in [3.8, 4) is 0 Å². The number of aryl methyl sites for hydroxylation is 1. The van der Waals surface area contributed by atoms with Gasteiger partial charge < -0.3 is 4.57 Å². The largest absolute Gasteiger partial charge is 0.315 e. The van der Waals surface area contributed by atoms with Crippen LogP contribution in [0.1, 0.15) is 6.42 Å².